The zero-order valence-electron chi connectivity index (χ0n) is 12.6. The molecule has 0 atom stereocenters. The molecule has 6 nitrogen and oxygen atoms in total. The van der Waals surface area contributed by atoms with E-state index in [4.69, 9.17) is 5.84 Å². The minimum Gasteiger partial charge on any atom is -0.352 e. The van der Waals surface area contributed by atoms with Crippen LogP contribution in [0.25, 0.3) is 0 Å². The highest BCUT2D eigenvalue weighted by Gasteiger charge is 2.08. The second-order valence-electron chi connectivity index (χ2n) is 5.00. The van der Waals surface area contributed by atoms with E-state index >= 15 is 0 Å². The Morgan fingerprint density at radius 2 is 2.10 bits per heavy atom. The number of nitrogens with two attached hydrogens (primary N) is 1. The van der Waals surface area contributed by atoms with Gasteiger partial charge in [-0.25, -0.2) is 10.8 Å². The SMILES string of the molecule is CCc1cc(C(=O)NCCCCN(C)C)cc(NN)n1. The molecule has 0 aliphatic heterocycles. The Morgan fingerprint density at radius 1 is 1.35 bits per heavy atom. The molecule has 0 aliphatic rings. The van der Waals surface area contributed by atoms with Gasteiger partial charge in [-0.05, 0) is 52.0 Å². The summed E-state index contributed by atoms with van der Waals surface area (Å²) in [7, 11) is 4.09. The van der Waals surface area contributed by atoms with Crippen molar-refractivity contribution in [2.75, 3.05) is 32.6 Å². The molecule has 0 bridgehead atoms. The van der Waals surface area contributed by atoms with Crippen LogP contribution in [0.4, 0.5) is 5.82 Å². The van der Waals surface area contributed by atoms with Crippen LogP contribution >= 0.6 is 0 Å². The number of nitrogens with zero attached hydrogens (tertiary/aromatic N) is 2. The number of hydrogen-bond donors (Lipinski definition) is 3. The van der Waals surface area contributed by atoms with Gasteiger partial charge in [0.05, 0.1) is 0 Å². The Hall–Kier alpha value is -1.66. The van der Waals surface area contributed by atoms with E-state index < -0.39 is 0 Å². The van der Waals surface area contributed by atoms with E-state index in [0.717, 1.165) is 31.5 Å². The molecule has 4 N–H and O–H groups in total. The fourth-order valence-corrected chi connectivity index (χ4v) is 1.83. The lowest BCUT2D eigenvalue weighted by Gasteiger charge is -2.10. The summed E-state index contributed by atoms with van der Waals surface area (Å²) in [6, 6.07) is 3.46. The van der Waals surface area contributed by atoms with Crippen molar-refractivity contribution in [3.8, 4) is 0 Å². The third-order valence-electron chi connectivity index (χ3n) is 2.97. The molecule has 0 unspecified atom stereocenters. The molecule has 0 spiro atoms. The molecular weight excluding hydrogens is 254 g/mol. The number of hydrazine groups is 1. The first kappa shape index (κ1) is 16.4. The highest BCUT2D eigenvalue weighted by Crippen LogP contribution is 2.10. The topological polar surface area (TPSA) is 83.3 Å². The number of amides is 1. The number of nitrogens with one attached hydrogen (secondary N) is 2. The maximum Gasteiger partial charge on any atom is 0.251 e. The number of carbonyl (C=O) groups excluding carboxylic acids is 1. The zero-order valence-corrected chi connectivity index (χ0v) is 12.6. The largest absolute Gasteiger partial charge is 0.352 e. The van der Waals surface area contributed by atoms with Crippen LogP contribution in [0, 0.1) is 0 Å². The Labute approximate surface area is 120 Å². The summed E-state index contributed by atoms with van der Waals surface area (Å²) >= 11 is 0. The number of carbonyl (C=O) groups is 1. The third kappa shape index (κ3) is 5.54. The van der Waals surface area contributed by atoms with Crippen molar-refractivity contribution in [3.05, 3.63) is 23.4 Å². The molecule has 1 aromatic heterocycles. The van der Waals surface area contributed by atoms with Gasteiger partial charge in [-0.1, -0.05) is 6.92 Å². The monoisotopic (exact) mass is 279 g/mol. The summed E-state index contributed by atoms with van der Waals surface area (Å²) in [5.41, 5.74) is 3.93. The molecule has 0 saturated carbocycles. The molecule has 1 aromatic rings. The second kappa shape index (κ2) is 8.50. The van der Waals surface area contributed by atoms with E-state index in [1.165, 1.54) is 0 Å². The maximum absolute atomic E-state index is 12.1. The van der Waals surface area contributed by atoms with Gasteiger partial charge >= 0.3 is 0 Å². The highest BCUT2D eigenvalue weighted by molar-refractivity contribution is 5.94. The van der Waals surface area contributed by atoms with E-state index in [2.05, 4.69) is 20.6 Å². The summed E-state index contributed by atoms with van der Waals surface area (Å²) < 4.78 is 0. The van der Waals surface area contributed by atoms with Gasteiger partial charge in [-0.15, -0.1) is 0 Å². The number of aryl methyl sites for hydroxylation is 1. The molecule has 0 aromatic carbocycles. The van der Waals surface area contributed by atoms with Crippen LogP contribution in [0.3, 0.4) is 0 Å². The van der Waals surface area contributed by atoms with Crippen molar-refractivity contribution in [2.45, 2.75) is 26.2 Å². The van der Waals surface area contributed by atoms with Crippen LogP contribution in [0.1, 0.15) is 35.8 Å². The predicted molar refractivity (Wildman–Crippen MR) is 81.5 cm³/mol. The van der Waals surface area contributed by atoms with Gasteiger partial charge in [0.15, 0.2) is 0 Å². The Kier molecular flexibility index (Phi) is 6.97. The van der Waals surface area contributed by atoms with Crippen LogP contribution in [0.15, 0.2) is 12.1 Å². The van der Waals surface area contributed by atoms with E-state index in [-0.39, 0.29) is 5.91 Å². The van der Waals surface area contributed by atoms with Crippen molar-refractivity contribution in [3.63, 3.8) is 0 Å². The first-order valence-electron chi connectivity index (χ1n) is 6.97. The molecule has 1 heterocycles. The predicted octanol–water partition coefficient (Wildman–Crippen LogP) is 1.00. The molecule has 6 heteroatoms. The molecule has 0 aliphatic carbocycles. The number of pyridine rings is 1. The molecule has 1 rings (SSSR count). The van der Waals surface area contributed by atoms with Crippen molar-refractivity contribution in [2.24, 2.45) is 5.84 Å². The fourth-order valence-electron chi connectivity index (χ4n) is 1.83. The normalized spacial score (nSPS) is 10.7. The number of aromatic nitrogens is 1. The van der Waals surface area contributed by atoms with Gasteiger partial charge in [-0.3, -0.25) is 4.79 Å². The summed E-state index contributed by atoms with van der Waals surface area (Å²) in [6.45, 7) is 3.71. The smallest absolute Gasteiger partial charge is 0.251 e. The Morgan fingerprint density at radius 3 is 2.70 bits per heavy atom. The Balaban J connectivity index is 2.50. The van der Waals surface area contributed by atoms with Gasteiger partial charge in [0.2, 0.25) is 0 Å². The van der Waals surface area contributed by atoms with Crippen LogP contribution in [0.2, 0.25) is 0 Å². The van der Waals surface area contributed by atoms with E-state index in [1.807, 2.05) is 21.0 Å². The molecule has 20 heavy (non-hydrogen) atoms. The number of rotatable bonds is 8. The van der Waals surface area contributed by atoms with Gasteiger partial charge in [0, 0.05) is 17.8 Å². The first-order valence-corrected chi connectivity index (χ1v) is 6.97. The minimum absolute atomic E-state index is 0.0801. The summed E-state index contributed by atoms with van der Waals surface area (Å²) in [6.07, 6.45) is 2.80. The van der Waals surface area contributed by atoms with Gasteiger partial charge in [0.1, 0.15) is 5.82 Å². The molecule has 0 radical (unpaired) electrons. The van der Waals surface area contributed by atoms with E-state index in [1.54, 1.807) is 12.1 Å². The lowest BCUT2D eigenvalue weighted by molar-refractivity contribution is 0.0952. The lowest BCUT2D eigenvalue weighted by Crippen LogP contribution is -2.26. The number of hydrogen-bond acceptors (Lipinski definition) is 5. The quantitative estimate of drug-likeness (QED) is 0.376. The minimum atomic E-state index is -0.0801. The van der Waals surface area contributed by atoms with Crippen LogP contribution < -0.4 is 16.6 Å². The number of anilines is 1. The van der Waals surface area contributed by atoms with Gasteiger partial charge in [-0.2, -0.15) is 0 Å². The van der Waals surface area contributed by atoms with Crippen molar-refractivity contribution < 1.29 is 4.79 Å². The van der Waals surface area contributed by atoms with Crippen LogP contribution in [0.5, 0.6) is 0 Å². The summed E-state index contributed by atoms with van der Waals surface area (Å²) in [5, 5.41) is 2.92. The van der Waals surface area contributed by atoms with Gasteiger partial charge < -0.3 is 15.6 Å². The van der Waals surface area contributed by atoms with Crippen molar-refractivity contribution >= 4 is 11.7 Å². The average molecular weight is 279 g/mol. The Bertz CT molecular complexity index is 411. The molecule has 112 valence electrons. The molecule has 0 saturated heterocycles. The second-order valence-corrected chi connectivity index (χ2v) is 5.00. The highest BCUT2D eigenvalue weighted by atomic mass is 16.1. The summed E-state index contributed by atoms with van der Waals surface area (Å²) in [5.74, 6) is 5.80. The van der Waals surface area contributed by atoms with Crippen LogP contribution in [-0.2, 0) is 6.42 Å². The van der Waals surface area contributed by atoms with Crippen molar-refractivity contribution in [1.29, 1.82) is 0 Å². The number of nitrogen functional groups attached to an aromatic ring is 1. The molecule has 1 amide bonds. The standard InChI is InChI=1S/C14H25N5O/c1-4-12-9-11(10-13(17-12)18-15)14(20)16-7-5-6-8-19(2)3/h9-10H,4-8,15H2,1-3H3,(H,16,20)(H,17,18). The van der Waals surface area contributed by atoms with Crippen molar-refractivity contribution in [1.82, 2.24) is 15.2 Å². The lowest BCUT2D eigenvalue weighted by atomic mass is 10.1. The molecule has 0 fully saturated rings. The average Bonchev–Trinajstić information content (AvgIpc) is 2.45. The molecular formula is C14H25N5O. The maximum atomic E-state index is 12.1. The zero-order chi connectivity index (χ0) is 15.0. The number of unbranched alkanes of at least 4 members (excludes halogenated alkanes) is 1. The fraction of sp³-hybridized carbons (Fsp3) is 0.571. The van der Waals surface area contributed by atoms with Crippen LogP contribution in [-0.4, -0.2) is 43.0 Å². The summed E-state index contributed by atoms with van der Waals surface area (Å²) in [4.78, 5) is 18.5. The first-order chi connectivity index (χ1) is 9.56. The van der Waals surface area contributed by atoms with E-state index in [0.29, 0.717) is 17.9 Å². The van der Waals surface area contributed by atoms with E-state index in [9.17, 15) is 4.79 Å². The third-order valence-corrected chi connectivity index (χ3v) is 2.97. The van der Waals surface area contributed by atoms with Gasteiger partial charge in [0.25, 0.3) is 5.91 Å².